The number of nitrogens with one attached hydrogen (secondary N) is 1. The molecule has 4 nitrogen and oxygen atoms in total. The second-order valence-electron chi connectivity index (χ2n) is 6.82. The SMILES string of the molecule is O=C(Nc1nc(-c2ccc(Cl)cc2Cl)cs1)C1(c2ccc(F)cc2)CCOCC1. The molecule has 2 heterocycles. The van der Waals surface area contributed by atoms with Gasteiger partial charge in [0.2, 0.25) is 5.91 Å². The van der Waals surface area contributed by atoms with Crippen LogP contribution in [0, 0.1) is 5.82 Å². The number of carbonyl (C=O) groups is 1. The Bertz CT molecular complexity index is 1030. The number of carbonyl (C=O) groups excluding carboxylic acids is 1. The number of anilines is 1. The minimum Gasteiger partial charge on any atom is -0.381 e. The standard InChI is InChI=1S/C21H17Cl2FN2O2S/c22-14-3-6-16(17(23)11-14)18-12-29-20(25-18)26-19(27)21(7-9-28-10-8-21)13-1-4-15(24)5-2-13/h1-6,11-12H,7-10H2,(H,25,26,27). The maximum Gasteiger partial charge on any atom is 0.236 e. The Labute approximate surface area is 181 Å². The highest BCUT2D eigenvalue weighted by Gasteiger charge is 2.42. The fourth-order valence-corrected chi connectivity index (χ4v) is 4.72. The van der Waals surface area contributed by atoms with Crippen LogP contribution in [0.4, 0.5) is 9.52 Å². The van der Waals surface area contributed by atoms with Crippen molar-refractivity contribution < 1.29 is 13.9 Å². The highest BCUT2D eigenvalue weighted by molar-refractivity contribution is 7.14. The summed E-state index contributed by atoms with van der Waals surface area (Å²) in [6.07, 6.45) is 1.04. The molecule has 4 rings (SSSR count). The van der Waals surface area contributed by atoms with Gasteiger partial charge in [0, 0.05) is 29.2 Å². The van der Waals surface area contributed by atoms with Crippen LogP contribution in [-0.2, 0) is 14.9 Å². The van der Waals surface area contributed by atoms with Crippen molar-refractivity contribution in [3.05, 3.63) is 69.3 Å². The first kappa shape index (κ1) is 20.3. The molecule has 0 radical (unpaired) electrons. The summed E-state index contributed by atoms with van der Waals surface area (Å²) in [5.74, 6) is -0.503. The van der Waals surface area contributed by atoms with Gasteiger partial charge in [0.1, 0.15) is 5.82 Å². The molecule has 29 heavy (non-hydrogen) atoms. The van der Waals surface area contributed by atoms with Crippen molar-refractivity contribution >= 4 is 45.6 Å². The molecule has 3 aromatic rings. The van der Waals surface area contributed by atoms with Crippen molar-refractivity contribution in [2.75, 3.05) is 18.5 Å². The minimum atomic E-state index is -0.782. The molecule has 1 N–H and O–H groups in total. The number of benzene rings is 2. The van der Waals surface area contributed by atoms with Crippen LogP contribution in [0.25, 0.3) is 11.3 Å². The van der Waals surface area contributed by atoms with Gasteiger partial charge in [0.05, 0.1) is 16.1 Å². The van der Waals surface area contributed by atoms with Gasteiger partial charge in [-0.05, 0) is 48.7 Å². The molecule has 1 aliphatic heterocycles. The van der Waals surface area contributed by atoms with Crippen LogP contribution >= 0.6 is 34.5 Å². The molecule has 0 aliphatic carbocycles. The van der Waals surface area contributed by atoms with E-state index in [0.717, 1.165) is 11.1 Å². The summed E-state index contributed by atoms with van der Waals surface area (Å²) < 4.78 is 18.9. The Balaban J connectivity index is 1.60. The van der Waals surface area contributed by atoms with Gasteiger partial charge in [-0.1, -0.05) is 35.3 Å². The van der Waals surface area contributed by atoms with Gasteiger partial charge in [-0.2, -0.15) is 0 Å². The highest BCUT2D eigenvalue weighted by Crippen LogP contribution is 2.37. The molecule has 0 saturated carbocycles. The first-order chi connectivity index (χ1) is 14.0. The van der Waals surface area contributed by atoms with E-state index < -0.39 is 5.41 Å². The van der Waals surface area contributed by atoms with Gasteiger partial charge >= 0.3 is 0 Å². The smallest absolute Gasteiger partial charge is 0.236 e. The average molecular weight is 451 g/mol. The fourth-order valence-electron chi connectivity index (χ4n) is 3.50. The van der Waals surface area contributed by atoms with Crippen LogP contribution in [-0.4, -0.2) is 24.1 Å². The molecule has 2 aromatic carbocycles. The normalized spacial score (nSPS) is 15.8. The summed E-state index contributed by atoms with van der Waals surface area (Å²) in [4.78, 5) is 17.8. The van der Waals surface area contributed by atoms with Crippen molar-refractivity contribution in [3.63, 3.8) is 0 Å². The molecule has 1 amide bonds. The van der Waals surface area contributed by atoms with Crippen LogP contribution in [0.15, 0.2) is 47.8 Å². The van der Waals surface area contributed by atoms with E-state index in [2.05, 4.69) is 10.3 Å². The van der Waals surface area contributed by atoms with E-state index in [9.17, 15) is 9.18 Å². The molecular weight excluding hydrogens is 434 g/mol. The highest BCUT2D eigenvalue weighted by atomic mass is 35.5. The Morgan fingerprint density at radius 3 is 2.55 bits per heavy atom. The lowest BCUT2D eigenvalue weighted by Crippen LogP contribution is -2.44. The average Bonchev–Trinajstić information content (AvgIpc) is 3.17. The van der Waals surface area contributed by atoms with E-state index in [4.69, 9.17) is 27.9 Å². The third-order valence-corrected chi connectivity index (χ3v) is 6.42. The number of hydrogen-bond donors (Lipinski definition) is 1. The molecule has 8 heteroatoms. The zero-order chi connectivity index (χ0) is 20.4. The number of ether oxygens (including phenoxy) is 1. The number of nitrogens with zero attached hydrogens (tertiary/aromatic N) is 1. The van der Waals surface area contributed by atoms with Gasteiger partial charge in [-0.15, -0.1) is 11.3 Å². The first-order valence-electron chi connectivity index (χ1n) is 9.04. The lowest BCUT2D eigenvalue weighted by atomic mass is 9.73. The predicted molar refractivity (Wildman–Crippen MR) is 114 cm³/mol. The number of amides is 1. The van der Waals surface area contributed by atoms with E-state index in [0.29, 0.717) is 46.9 Å². The van der Waals surface area contributed by atoms with Gasteiger partial charge in [0.15, 0.2) is 5.13 Å². The zero-order valence-corrected chi connectivity index (χ0v) is 17.6. The molecule has 0 atom stereocenters. The van der Waals surface area contributed by atoms with Gasteiger partial charge in [-0.3, -0.25) is 4.79 Å². The third-order valence-electron chi connectivity index (χ3n) is 5.11. The molecule has 0 bridgehead atoms. The number of halogens is 3. The van der Waals surface area contributed by atoms with Crippen LogP contribution in [0.1, 0.15) is 18.4 Å². The summed E-state index contributed by atoms with van der Waals surface area (Å²) in [5, 5.41) is 6.28. The van der Waals surface area contributed by atoms with E-state index in [1.54, 1.807) is 30.3 Å². The summed E-state index contributed by atoms with van der Waals surface area (Å²) in [6, 6.07) is 11.3. The van der Waals surface area contributed by atoms with E-state index in [-0.39, 0.29) is 11.7 Å². The largest absolute Gasteiger partial charge is 0.381 e. The summed E-state index contributed by atoms with van der Waals surface area (Å²) in [5.41, 5.74) is 1.40. The molecule has 1 aliphatic rings. The maximum atomic E-state index is 13.4. The second-order valence-corrected chi connectivity index (χ2v) is 8.52. The van der Waals surface area contributed by atoms with Crippen LogP contribution < -0.4 is 5.32 Å². The zero-order valence-electron chi connectivity index (χ0n) is 15.3. The molecule has 1 fully saturated rings. The minimum absolute atomic E-state index is 0.171. The van der Waals surface area contributed by atoms with Gasteiger partial charge in [-0.25, -0.2) is 9.37 Å². The van der Waals surface area contributed by atoms with Crippen LogP contribution in [0.2, 0.25) is 10.0 Å². The van der Waals surface area contributed by atoms with Crippen LogP contribution in [0.3, 0.4) is 0 Å². The summed E-state index contributed by atoms with van der Waals surface area (Å²) in [6.45, 7) is 0.933. The monoisotopic (exact) mass is 450 g/mol. The van der Waals surface area contributed by atoms with Crippen molar-refractivity contribution in [1.82, 2.24) is 4.98 Å². The molecule has 0 unspecified atom stereocenters. The van der Waals surface area contributed by atoms with Gasteiger partial charge < -0.3 is 10.1 Å². The lowest BCUT2D eigenvalue weighted by molar-refractivity contribution is -0.125. The topological polar surface area (TPSA) is 51.2 Å². The number of rotatable bonds is 4. The van der Waals surface area contributed by atoms with Crippen molar-refractivity contribution in [1.29, 1.82) is 0 Å². The van der Waals surface area contributed by atoms with Crippen molar-refractivity contribution in [3.8, 4) is 11.3 Å². The Kier molecular flexibility index (Phi) is 5.88. The molecular formula is C21H17Cl2FN2O2S. The van der Waals surface area contributed by atoms with Gasteiger partial charge in [0.25, 0.3) is 0 Å². The second kappa shape index (κ2) is 8.40. The molecule has 1 aromatic heterocycles. The van der Waals surface area contributed by atoms with Crippen molar-refractivity contribution in [2.24, 2.45) is 0 Å². The maximum absolute atomic E-state index is 13.4. The number of aromatic nitrogens is 1. The van der Waals surface area contributed by atoms with E-state index in [1.807, 2.05) is 5.38 Å². The fraction of sp³-hybridized carbons (Fsp3) is 0.238. The Morgan fingerprint density at radius 1 is 1.14 bits per heavy atom. The Morgan fingerprint density at radius 2 is 1.86 bits per heavy atom. The molecule has 1 saturated heterocycles. The quantitative estimate of drug-likeness (QED) is 0.534. The lowest BCUT2D eigenvalue weighted by Gasteiger charge is -2.36. The Hall–Kier alpha value is -1.99. The summed E-state index contributed by atoms with van der Waals surface area (Å²) >= 11 is 13.5. The van der Waals surface area contributed by atoms with E-state index in [1.165, 1.54) is 23.5 Å². The van der Waals surface area contributed by atoms with Crippen LogP contribution in [0.5, 0.6) is 0 Å². The third kappa shape index (κ3) is 4.16. The van der Waals surface area contributed by atoms with Crippen molar-refractivity contribution in [2.45, 2.75) is 18.3 Å². The molecule has 150 valence electrons. The van der Waals surface area contributed by atoms with E-state index >= 15 is 0 Å². The number of hydrogen-bond acceptors (Lipinski definition) is 4. The molecule has 0 spiro atoms. The predicted octanol–water partition coefficient (Wildman–Crippen LogP) is 5.94. The number of thiazole rings is 1. The first-order valence-corrected chi connectivity index (χ1v) is 10.7. The summed E-state index contributed by atoms with van der Waals surface area (Å²) in [7, 11) is 0.